The number of aliphatic carboxylic acids is 1. The van der Waals surface area contributed by atoms with Crippen molar-refractivity contribution in [3.8, 4) is 0 Å². The molecule has 3 rings (SSSR count). The molecule has 2 amide bonds. The lowest BCUT2D eigenvalue weighted by Gasteiger charge is -2.44. The molecule has 7 nitrogen and oxygen atoms in total. The van der Waals surface area contributed by atoms with Crippen molar-refractivity contribution < 1.29 is 24.6 Å². The Kier molecular flexibility index (Phi) is 3.73. The van der Waals surface area contributed by atoms with E-state index in [0.717, 1.165) is 0 Å². The normalized spacial score (nSPS) is 24.3. The van der Waals surface area contributed by atoms with Crippen molar-refractivity contribution >= 4 is 34.7 Å². The molecule has 3 N–H and O–H groups in total. The molecule has 0 radical (unpaired) electrons. The second-order valence-corrected chi connectivity index (χ2v) is 6.71. The van der Waals surface area contributed by atoms with Gasteiger partial charge in [-0.2, -0.15) is 0 Å². The van der Waals surface area contributed by atoms with Crippen molar-refractivity contribution in [2.75, 3.05) is 7.05 Å². The van der Waals surface area contributed by atoms with Crippen LogP contribution in [-0.4, -0.2) is 52.1 Å². The second-order valence-electron chi connectivity index (χ2n) is 5.62. The van der Waals surface area contributed by atoms with Crippen LogP contribution < -0.4 is 5.32 Å². The van der Waals surface area contributed by atoms with Gasteiger partial charge in [-0.15, -0.1) is 11.3 Å². The summed E-state index contributed by atoms with van der Waals surface area (Å²) >= 11 is 1.19. The lowest BCUT2D eigenvalue weighted by Crippen LogP contribution is -2.61. The van der Waals surface area contributed by atoms with Crippen LogP contribution in [0.2, 0.25) is 0 Å². The summed E-state index contributed by atoms with van der Waals surface area (Å²) in [6.45, 7) is 1.53. The number of amides is 2. The van der Waals surface area contributed by atoms with Crippen LogP contribution in [0, 0.1) is 5.92 Å². The molecular weight excluding hydrogens is 320 g/mol. The molecule has 0 bridgehead atoms. The molecule has 3 heterocycles. The summed E-state index contributed by atoms with van der Waals surface area (Å²) in [7, 11) is 1.52. The first kappa shape index (κ1) is 15.7. The third kappa shape index (κ3) is 2.25. The van der Waals surface area contributed by atoms with Crippen LogP contribution in [0.15, 0.2) is 17.8 Å². The lowest BCUT2D eigenvalue weighted by molar-refractivity contribution is -0.161. The second kappa shape index (κ2) is 5.47. The van der Waals surface area contributed by atoms with Gasteiger partial charge in [-0.1, -0.05) is 0 Å². The molecule has 3 atom stereocenters. The van der Waals surface area contributed by atoms with E-state index in [0.29, 0.717) is 21.7 Å². The van der Waals surface area contributed by atoms with Crippen LogP contribution in [0.4, 0.5) is 0 Å². The Bertz CT molecular complexity index is 736. The summed E-state index contributed by atoms with van der Waals surface area (Å²) in [4.78, 5) is 37.8. The van der Waals surface area contributed by atoms with Gasteiger partial charge < -0.3 is 20.4 Å². The highest BCUT2D eigenvalue weighted by atomic mass is 32.1. The van der Waals surface area contributed by atoms with Gasteiger partial charge in [-0.05, 0) is 25.5 Å². The molecule has 0 spiro atoms. The Morgan fingerprint density at radius 1 is 1.43 bits per heavy atom. The van der Waals surface area contributed by atoms with Gasteiger partial charge in [0, 0.05) is 17.5 Å². The Morgan fingerprint density at radius 2 is 2.13 bits per heavy atom. The number of carboxylic acid groups (broad SMARTS) is 1. The van der Waals surface area contributed by atoms with Crippen LogP contribution >= 0.6 is 11.3 Å². The van der Waals surface area contributed by atoms with E-state index in [4.69, 9.17) is 0 Å². The molecule has 0 aliphatic carbocycles. The molecule has 0 saturated carbocycles. The molecule has 122 valence electrons. The number of aliphatic hydroxyl groups is 1. The number of hydrogen-bond acceptors (Lipinski definition) is 5. The van der Waals surface area contributed by atoms with Gasteiger partial charge in [0.15, 0.2) is 0 Å². The van der Waals surface area contributed by atoms with Crippen molar-refractivity contribution in [2.45, 2.75) is 25.5 Å². The zero-order chi connectivity index (χ0) is 16.9. The van der Waals surface area contributed by atoms with Crippen LogP contribution in [0.3, 0.4) is 0 Å². The monoisotopic (exact) mass is 336 g/mol. The van der Waals surface area contributed by atoms with E-state index in [9.17, 15) is 24.6 Å². The fourth-order valence-electron chi connectivity index (χ4n) is 3.24. The maximum atomic E-state index is 12.1. The minimum absolute atomic E-state index is 0.0396. The number of thiophene rings is 1. The smallest absolute Gasteiger partial charge is 0.352 e. The Morgan fingerprint density at radius 3 is 2.70 bits per heavy atom. The van der Waals surface area contributed by atoms with Gasteiger partial charge in [0.05, 0.1) is 22.9 Å². The first-order chi connectivity index (χ1) is 10.9. The fourth-order valence-corrected chi connectivity index (χ4v) is 4.24. The maximum absolute atomic E-state index is 12.1. The van der Waals surface area contributed by atoms with E-state index in [2.05, 4.69) is 5.32 Å². The van der Waals surface area contributed by atoms with Crippen LogP contribution in [-0.2, 0) is 9.59 Å². The topological polar surface area (TPSA) is 107 Å². The quantitative estimate of drug-likeness (QED) is 0.695. The van der Waals surface area contributed by atoms with Crippen molar-refractivity contribution in [1.29, 1.82) is 0 Å². The van der Waals surface area contributed by atoms with Crippen molar-refractivity contribution in [2.24, 2.45) is 5.92 Å². The standard InChI is InChI=1S/C15H16N2O5S/c1-6(18)11-8-5-7(12(15(21)22)17(8)14(11)20)9-3-4-10(23-9)13(19)16-2/h3-4,6,8,11,18H,5H2,1-2H3,(H,16,19)(H,21,22)/t6-,8-,11-/m1/s1. The molecule has 1 aromatic heterocycles. The summed E-state index contributed by atoms with van der Waals surface area (Å²) in [6, 6.07) is 3.00. The first-order valence-electron chi connectivity index (χ1n) is 7.16. The zero-order valence-corrected chi connectivity index (χ0v) is 13.4. The van der Waals surface area contributed by atoms with Crippen LogP contribution in [0.25, 0.3) is 5.57 Å². The van der Waals surface area contributed by atoms with Gasteiger partial charge in [0.25, 0.3) is 5.91 Å². The number of carboxylic acids is 1. The van der Waals surface area contributed by atoms with Gasteiger partial charge in [-0.25, -0.2) is 4.79 Å². The van der Waals surface area contributed by atoms with Crippen LogP contribution in [0.1, 0.15) is 27.9 Å². The first-order valence-corrected chi connectivity index (χ1v) is 7.98. The zero-order valence-electron chi connectivity index (χ0n) is 12.6. The largest absolute Gasteiger partial charge is 0.477 e. The highest BCUT2D eigenvalue weighted by molar-refractivity contribution is 7.15. The molecule has 2 aliphatic heterocycles. The van der Waals surface area contributed by atoms with Gasteiger partial charge in [-0.3, -0.25) is 9.59 Å². The molecule has 0 unspecified atom stereocenters. The summed E-state index contributed by atoms with van der Waals surface area (Å²) < 4.78 is 0. The van der Waals surface area contributed by atoms with Gasteiger partial charge >= 0.3 is 5.97 Å². The lowest BCUT2D eigenvalue weighted by atomic mass is 9.83. The van der Waals surface area contributed by atoms with E-state index in [-0.39, 0.29) is 23.6 Å². The van der Waals surface area contributed by atoms with E-state index < -0.39 is 18.0 Å². The fraction of sp³-hybridized carbons (Fsp3) is 0.400. The van der Waals surface area contributed by atoms with E-state index >= 15 is 0 Å². The highest BCUT2D eigenvalue weighted by Gasteiger charge is 2.56. The number of hydrogen-bond donors (Lipinski definition) is 3. The third-order valence-corrected chi connectivity index (χ3v) is 5.43. The number of β-lactam (4-membered cyclic amide) rings is 1. The molecule has 1 fully saturated rings. The van der Waals surface area contributed by atoms with Crippen LogP contribution in [0.5, 0.6) is 0 Å². The molecule has 2 aliphatic rings. The number of nitrogens with zero attached hydrogens (tertiary/aromatic N) is 1. The average Bonchev–Trinajstić information content (AvgIpc) is 3.08. The molecule has 1 aromatic rings. The minimum atomic E-state index is -1.17. The molecule has 8 heteroatoms. The molecule has 1 saturated heterocycles. The van der Waals surface area contributed by atoms with E-state index in [1.165, 1.54) is 30.2 Å². The number of fused-ring (bicyclic) bond motifs is 1. The summed E-state index contributed by atoms with van der Waals surface area (Å²) in [5.74, 6) is -2.34. The maximum Gasteiger partial charge on any atom is 0.352 e. The van der Waals surface area contributed by atoms with Crippen molar-refractivity contribution in [3.05, 3.63) is 27.6 Å². The number of carbonyl (C=O) groups excluding carboxylic acids is 2. The summed E-state index contributed by atoms with van der Waals surface area (Å²) in [5.41, 5.74) is 0.501. The van der Waals surface area contributed by atoms with E-state index in [1.807, 2.05) is 0 Å². The molecule has 23 heavy (non-hydrogen) atoms. The van der Waals surface area contributed by atoms with E-state index in [1.54, 1.807) is 12.1 Å². The average molecular weight is 336 g/mol. The summed E-state index contributed by atoms with van der Waals surface area (Å²) in [5, 5.41) is 21.7. The Hall–Kier alpha value is -2.19. The van der Waals surface area contributed by atoms with Crippen molar-refractivity contribution in [1.82, 2.24) is 10.2 Å². The number of nitrogens with one attached hydrogen (secondary N) is 1. The number of aliphatic hydroxyl groups excluding tert-OH is 1. The minimum Gasteiger partial charge on any atom is -0.477 e. The Labute approximate surface area is 136 Å². The predicted molar refractivity (Wildman–Crippen MR) is 82.7 cm³/mol. The predicted octanol–water partition coefficient (Wildman–Crippen LogP) is 0.515. The van der Waals surface area contributed by atoms with Gasteiger partial charge in [0.1, 0.15) is 5.70 Å². The molecular formula is C15H16N2O5S. The number of carbonyl (C=O) groups is 3. The van der Waals surface area contributed by atoms with Gasteiger partial charge in [0.2, 0.25) is 5.91 Å². The molecule has 0 aromatic carbocycles. The SMILES string of the molecule is CNC(=O)c1ccc(C2=C(C(=O)O)N3C(=O)[C@H]([C@@H](C)O)[C@H]3C2)s1. The number of rotatable bonds is 4. The third-order valence-electron chi connectivity index (χ3n) is 4.29. The van der Waals surface area contributed by atoms with Crippen molar-refractivity contribution in [3.63, 3.8) is 0 Å². The Balaban J connectivity index is 1.98. The highest BCUT2D eigenvalue weighted by Crippen LogP contribution is 2.47. The summed E-state index contributed by atoms with van der Waals surface area (Å²) in [6.07, 6.45) is -0.445.